The molecule has 0 radical (unpaired) electrons. The maximum absolute atomic E-state index is 12.9. The molecular weight excluding hydrogens is 375 g/mol. The van der Waals surface area contributed by atoms with Gasteiger partial charge < -0.3 is 10.1 Å². The highest BCUT2D eigenvalue weighted by molar-refractivity contribution is 5.92. The fourth-order valence-corrected chi connectivity index (χ4v) is 2.07. The van der Waals surface area contributed by atoms with E-state index in [1.165, 1.54) is 18.2 Å². The lowest BCUT2D eigenvalue weighted by atomic mass is 10.1. The van der Waals surface area contributed by atoms with Crippen molar-refractivity contribution in [1.82, 2.24) is 0 Å². The van der Waals surface area contributed by atoms with Gasteiger partial charge in [-0.3, -0.25) is 25.0 Å². The van der Waals surface area contributed by atoms with E-state index in [2.05, 4.69) is 5.32 Å². The van der Waals surface area contributed by atoms with Crippen LogP contribution in [0.4, 0.5) is 30.2 Å². The SMILES string of the molecule is O=C(COc1ccccc1[N+](=O)[O-])Nc1ccc([N+](=O)[O-])c(C(F)(F)F)c1. The van der Waals surface area contributed by atoms with Crippen LogP contribution in [0.3, 0.4) is 0 Å². The minimum Gasteiger partial charge on any atom is -0.477 e. The number of amides is 1. The second-order valence-corrected chi connectivity index (χ2v) is 5.05. The van der Waals surface area contributed by atoms with Crippen molar-refractivity contribution in [3.05, 3.63) is 68.3 Å². The van der Waals surface area contributed by atoms with Crippen molar-refractivity contribution in [3.8, 4) is 5.75 Å². The van der Waals surface area contributed by atoms with Gasteiger partial charge in [0.05, 0.1) is 9.85 Å². The zero-order chi connectivity index (χ0) is 20.2. The van der Waals surface area contributed by atoms with E-state index >= 15 is 0 Å². The van der Waals surface area contributed by atoms with Gasteiger partial charge in [-0.05, 0) is 18.2 Å². The number of nitro benzene ring substituents is 2. The average Bonchev–Trinajstić information content (AvgIpc) is 2.59. The summed E-state index contributed by atoms with van der Waals surface area (Å²) >= 11 is 0. The maximum atomic E-state index is 12.9. The molecule has 2 aromatic rings. The van der Waals surface area contributed by atoms with Crippen molar-refractivity contribution < 1.29 is 32.5 Å². The zero-order valence-corrected chi connectivity index (χ0v) is 13.2. The molecule has 2 aromatic carbocycles. The molecule has 0 aliphatic heterocycles. The summed E-state index contributed by atoms with van der Waals surface area (Å²) in [6.07, 6.45) is -5.00. The second kappa shape index (κ2) is 7.68. The Balaban J connectivity index is 2.13. The number of hydrogen-bond donors (Lipinski definition) is 1. The van der Waals surface area contributed by atoms with Crippen LogP contribution in [0, 0.1) is 20.2 Å². The number of hydrogen-bond acceptors (Lipinski definition) is 6. The number of benzene rings is 2. The van der Waals surface area contributed by atoms with E-state index in [0.717, 1.165) is 12.1 Å². The predicted octanol–water partition coefficient (Wildman–Crippen LogP) is 3.54. The van der Waals surface area contributed by atoms with Gasteiger partial charge in [0.15, 0.2) is 12.4 Å². The second-order valence-electron chi connectivity index (χ2n) is 5.05. The van der Waals surface area contributed by atoms with Crippen LogP contribution in [-0.4, -0.2) is 22.4 Å². The number of nitrogens with zero attached hydrogens (tertiary/aromatic N) is 2. The van der Waals surface area contributed by atoms with Crippen LogP contribution in [-0.2, 0) is 11.0 Å². The molecule has 0 aromatic heterocycles. The van der Waals surface area contributed by atoms with E-state index in [9.17, 15) is 38.2 Å². The van der Waals surface area contributed by atoms with Gasteiger partial charge in [-0.15, -0.1) is 0 Å². The number of nitrogens with one attached hydrogen (secondary N) is 1. The van der Waals surface area contributed by atoms with Gasteiger partial charge in [0, 0.05) is 17.8 Å². The summed E-state index contributed by atoms with van der Waals surface area (Å²) in [4.78, 5) is 31.4. The number of nitro groups is 2. The number of carbonyl (C=O) groups is 1. The topological polar surface area (TPSA) is 125 Å². The first-order valence-electron chi connectivity index (χ1n) is 7.11. The van der Waals surface area contributed by atoms with Gasteiger partial charge in [0.25, 0.3) is 11.6 Å². The summed E-state index contributed by atoms with van der Waals surface area (Å²) in [5.74, 6) is -1.10. The molecule has 0 spiro atoms. The number of alkyl halides is 3. The summed E-state index contributed by atoms with van der Waals surface area (Å²) in [5.41, 5.74) is -3.41. The van der Waals surface area contributed by atoms with Crippen molar-refractivity contribution in [2.45, 2.75) is 6.18 Å². The maximum Gasteiger partial charge on any atom is 0.423 e. The van der Waals surface area contributed by atoms with Crippen LogP contribution in [0.1, 0.15) is 5.56 Å². The lowest BCUT2D eigenvalue weighted by Crippen LogP contribution is -2.21. The molecule has 0 fully saturated rings. The molecule has 0 saturated carbocycles. The molecule has 0 unspecified atom stereocenters. The summed E-state index contributed by atoms with van der Waals surface area (Å²) < 4.78 is 43.7. The third-order valence-corrected chi connectivity index (χ3v) is 3.20. The Morgan fingerprint density at radius 2 is 1.67 bits per heavy atom. The first-order chi connectivity index (χ1) is 12.6. The van der Waals surface area contributed by atoms with E-state index in [0.29, 0.717) is 12.1 Å². The molecule has 142 valence electrons. The standard InChI is InChI=1S/C15H10F3N3O6/c16-15(17,18)10-7-9(5-6-11(10)20(23)24)19-14(22)8-27-13-4-2-1-3-12(13)21(25)26/h1-7H,8H2,(H,19,22). The Labute approximate surface area is 148 Å². The van der Waals surface area contributed by atoms with E-state index in [1.807, 2.05) is 0 Å². The van der Waals surface area contributed by atoms with Gasteiger partial charge in [0.2, 0.25) is 0 Å². The highest BCUT2D eigenvalue weighted by Gasteiger charge is 2.38. The van der Waals surface area contributed by atoms with Crippen LogP contribution in [0.5, 0.6) is 5.75 Å². The quantitative estimate of drug-likeness (QED) is 0.599. The van der Waals surface area contributed by atoms with Gasteiger partial charge in [0.1, 0.15) is 5.56 Å². The molecule has 0 aliphatic rings. The van der Waals surface area contributed by atoms with Crippen LogP contribution in [0.15, 0.2) is 42.5 Å². The minimum atomic E-state index is -5.00. The number of para-hydroxylation sites is 2. The monoisotopic (exact) mass is 385 g/mol. The Bertz CT molecular complexity index is 901. The summed E-state index contributed by atoms with van der Waals surface area (Å²) in [7, 11) is 0. The molecule has 12 heteroatoms. The Kier molecular flexibility index (Phi) is 5.58. The summed E-state index contributed by atoms with van der Waals surface area (Å²) in [5, 5.41) is 23.6. The smallest absolute Gasteiger partial charge is 0.423 e. The molecule has 1 N–H and O–H groups in total. The summed E-state index contributed by atoms with van der Waals surface area (Å²) in [6.45, 7) is -0.719. The van der Waals surface area contributed by atoms with Crippen molar-refractivity contribution in [3.63, 3.8) is 0 Å². The molecule has 0 aliphatic carbocycles. The highest BCUT2D eigenvalue weighted by Crippen LogP contribution is 2.37. The molecule has 9 nitrogen and oxygen atoms in total. The molecular formula is C15H10F3N3O6. The number of anilines is 1. The number of halogens is 3. The highest BCUT2D eigenvalue weighted by atomic mass is 19.4. The Hall–Kier alpha value is -3.70. The minimum absolute atomic E-state index is 0.197. The van der Waals surface area contributed by atoms with Gasteiger partial charge in [-0.1, -0.05) is 12.1 Å². The normalized spacial score (nSPS) is 10.9. The van der Waals surface area contributed by atoms with Crippen molar-refractivity contribution >= 4 is 23.0 Å². The van der Waals surface area contributed by atoms with Crippen LogP contribution >= 0.6 is 0 Å². The summed E-state index contributed by atoms with van der Waals surface area (Å²) in [6, 6.07) is 7.18. The predicted molar refractivity (Wildman–Crippen MR) is 85.3 cm³/mol. The van der Waals surface area contributed by atoms with Crippen molar-refractivity contribution in [2.75, 3.05) is 11.9 Å². The molecule has 2 rings (SSSR count). The number of ether oxygens (including phenoxy) is 1. The Morgan fingerprint density at radius 1 is 1.04 bits per heavy atom. The molecule has 0 heterocycles. The van der Waals surface area contributed by atoms with Crippen molar-refractivity contribution in [1.29, 1.82) is 0 Å². The van der Waals surface area contributed by atoms with Crippen LogP contribution < -0.4 is 10.1 Å². The third-order valence-electron chi connectivity index (χ3n) is 3.20. The fraction of sp³-hybridized carbons (Fsp3) is 0.133. The first kappa shape index (κ1) is 19.6. The molecule has 0 bridgehead atoms. The van der Waals surface area contributed by atoms with E-state index in [-0.39, 0.29) is 17.1 Å². The largest absolute Gasteiger partial charge is 0.477 e. The molecule has 0 atom stereocenters. The molecule has 1 amide bonds. The van der Waals surface area contributed by atoms with Gasteiger partial charge in [-0.2, -0.15) is 13.2 Å². The third kappa shape index (κ3) is 4.90. The zero-order valence-electron chi connectivity index (χ0n) is 13.2. The average molecular weight is 385 g/mol. The van der Waals surface area contributed by atoms with E-state index < -0.39 is 39.8 Å². The van der Waals surface area contributed by atoms with Crippen LogP contribution in [0.2, 0.25) is 0 Å². The van der Waals surface area contributed by atoms with Crippen molar-refractivity contribution in [2.24, 2.45) is 0 Å². The van der Waals surface area contributed by atoms with Gasteiger partial charge in [-0.25, -0.2) is 0 Å². The lowest BCUT2D eigenvalue weighted by molar-refractivity contribution is -0.388. The fourth-order valence-electron chi connectivity index (χ4n) is 2.07. The first-order valence-corrected chi connectivity index (χ1v) is 7.11. The van der Waals surface area contributed by atoms with Crippen LogP contribution in [0.25, 0.3) is 0 Å². The van der Waals surface area contributed by atoms with E-state index in [1.54, 1.807) is 0 Å². The number of rotatable bonds is 6. The van der Waals surface area contributed by atoms with E-state index in [4.69, 9.17) is 4.74 Å². The molecule has 27 heavy (non-hydrogen) atoms. The lowest BCUT2D eigenvalue weighted by Gasteiger charge is -2.11. The Morgan fingerprint density at radius 3 is 2.26 bits per heavy atom. The molecule has 0 saturated heterocycles. The van der Waals surface area contributed by atoms with Gasteiger partial charge >= 0.3 is 11.9 Å². The number of carbonyl (C=O) groups excluding carboxylic acids is 1.